The van der Waals surface area contributed by atoms with Gasteiger partial charge in [0.25, 0.3) is 5.91 Å². The van der Waals surface area contributed by atoms with Crippen LogP contribution < -0.4 is 0 Å². The van der Waals surface area contributed by atoms with Gasteiger partial charge in [-0.2, -0.15) is 23.4 Å². The van der Waals surface area contributed by atoms with Crippen LogP contribution in [0, 0.1) is 11.7 Å². The normalized spacial score (nSPS) is 22.9. The average Bonchev–Trinajstić information content (AvgIpc) is 3.54. The van der Waals surface area contributed by atoms with E-state index in [4.69, 9.17) is 0 Å². The SMILES string of the molecule is C=C/C(=C\N=C(/C)N(C)C1CC2CC1N(C(=O)c1cccc(F)c1-n1nccn1)C2)C(F)(F)F. The van der Waals surface area contributed by atoms with Crippen LogP contribution in [-0.2, 0) is 0 Å². The second-order valence-electron chi connectivity index (χ2n) is 8.46. The van der Waals surface area contributed by atoms with Gasteiger partial charge in [-0.25, -0.2) is 9.38 Å². The van der Waals surface area contributed by atoms with E-state index in [2.05, 4.69) is 21.8 Å². The molecule has 3 unspecified atom stereocenters. The molecule has 11 heteroatoms. The molecule has 1 aromatic carbocycles. The van der Waals surface area contributed by atoms with Crippen LogP contribution in [0.3, 0.4) is 0 Å². The third-order valence-electron chi connectivity index (χ3n) is 6.49. The smallest absolute Gasteiger partial charge is 0.358 e. The fraction of sp³-hybridized carbons (Fsp3) is 0.391. The molecule has 4 rings (SSSR count). The van der Waals surface area contributed by atoms with Gasteiger partial charge in [-0.3, -0.25) is 4.79 Å². The molecule has 0 radical (unpaired) electrons. The lowest BCUT2D eigenvalue weighted by Gasteiger charge is -2.39. The Bertz CT molecular complexity index is 1140. The molecule has 0 N–H and O–H groups in total. The van der Waals surface area contributed by atoms with Crippen LogP contribution in [0.4, 0.5) is 17.6 Å². The van der Waals surface area contributed by atoms with Crippen molar-refractivity contribution in [2.24, 2.45) is 10.9 Å². The summed E-state index contributed by atoms with van der Waals surface area (Å²) in [6.07, 6.45) is 1.28. The summed E-state index contributed by atoms with van der Waals surface area (Å²) in [7, 11) is 1.75. The summed E-state index contributed by atoms with van der Waals surface area (Å²) >= 11 is 0. The first-order valence-corrected chi connectivity index (χ1v) is 10.7. The lowest BCUT2D eigenvalue weighted by Crippen LogP contribution is -2.52. The van der Waals surface area contributed by atoms with E-state index in [9.17, 15) is 22.4 Å². The summed E-state index contributed by atoms with van der Waals surface area (Å²) in [4.78, 5) is 22.1. The lowest BCUT2D eigenvalue weighted by atomic mass is 10.0. The third-order valence-corrected chi connectivity index (χ3v) is 6.49. The molecule has 0 spiro atoms. The summed E-state index contributed by atoms with van der Waals surface area (Å²) in [5.41, 5.74) is -0.799. The van der Waals surface area contributed by atoms with Crippen molar-refractivity contribution in [3.8, 4) is 5.69 Å². The van der Waals surface area contributed by atoms with Crippen molar-refractivity contribution in [1.82, 2.24) is 24.8 Å². The fourth-order valence-corrected chi connectivity index (χ4v) is 4.75. The molecule has 2 bridgehead atoms. The maximum absolute atomic E-state index is 14.6. The van der Waals surface area contributed by atoms with E-state index in [1.54, 1.807) is 29.8 Å². The van der Waals surface area contributed by atoms with E-state index in [1.165, 1.54) is 24.5 Å². The molecule has 1 aliphatic carbocycles. The second-order valence-corrected chi connectivity index (χ2v) is 8.46. The minimum absolute atomic E-state index is 0.0165. The summed E-state index contributed by atoms with van der Waals surface area (Å²) in [6.45, 7) is 5.35. The van der Waals surface area contributed by atoms with Crippen LogP contribution in [0.1, 0.15) is 30.1 Å². The Morgan fingerprint density at radius 3 is 2.59 bits per heavy atom. The number of halogens is 4. The molecule has 2 aliphatic rings. The highest BCUT2D eigenvalue weighted by Crippen LogP contribution is 2.41. The van der Waals surface area contributed by atoms with Gasteiger partial charge < -0.3 is 9.80 Å². The van der Waals surface area contributed by atoms with Crippen molar-refractivity contribution in [3.63, 3.8) is 0 Å². The number of carbonyl (C=O) groups is 1. The molecule has 34 heavy (non-hydrogen) atoms. The van der Waals surface area contributed by atoms with Crippen molar-refractivity contribution >= 4 is 11.7 Å². The van der Waals surface area contributed by atoms with Gasteiger partial charge in [-0.15, -0.1) is 4.80 Å². The van der Waals surface area contributed by atoms with E-state index in [0.717, 1.165) is 29.9 Å². The number of alkyl halides is 3. The molecule has 3 atom stereocenters. The van der Waals surface area contributed by atoms with Crippen LogP contribution in [0.25, 0.3) is 5.69 Å². The largest absolute Gasteiger partial charge is 0.417 e. The Hall–Kier alpha value is -3.50. The number of fused-ring (bicyclic) bond motifs is 2. The number of allylic oxidation sites excluding steroid dienone is 2. The lowest BCUT2D eigenvalue weighted by molar-refractivity contribution is -0.0883. The topological polar surface area (TPSA) is 66.6 Å². The second kappa shape index (κ2) is 9.03. The zero-order valence-electron chi connectivity index (χ0n) is 18.7. The number of para-hydroxylation sites is 1. The molecule has 2 heterocycles. The summed E-state index contributed by atoms with van der Waals surface area (Å²) in [5.74, 6) is -0.320. The van der Waals surface area contributed by atoms with E-state index in [0.29, 0.717) is 12.4 Å². The van der Waals surface area contributed by atoms with Gasteiger partial charge in [0, 0.05) is 19.8 Å². The van der Waals surface area contributed by atoms with Gasteiger partial charge in [-0.05, 0) is 37.8 Å². The molecule has 2 aromatic rings. The first-order valence-electron chi connectivity index (χ1n) is 10.7. The predicted molar refractivity (Wildman–Crippen MR) is 118 cm³/mol. The van der Waals surface area contributed by atoms with Crippen LogP contribution in [0.5, 0.6) is 0 Å². The van der Waals surface area contributed by atoms with Gasteiger partial charge in [0.05, 0.1) is 35.6 Å². The van der Waals surface area contributed by atoms with Crippen molar-refractivity contribution in [3.05, 3.63) is 66.4 Å². The predicted octanol–water partition coefficient (Wildman–Crippen LogP) is 3.99. The molecule has 1 aliphatic heterocycles. The fourth-order valence-electron chi connectivity index (χ4n) is 4.75. The number of piperidine rings is 1. The van der Waals surface area contributed by atoms with Gasteiger partial charge in [-0.1, -0.05) is 18.7 Å². The highest BCUT2D eigenvalue weighted by Gasteiger charge is 2.49. The molecule has 1 saturated heterocycles. The maximum atomic E-state index is 14.6. The molecule has 2 fully saturated rings. The van der Waals surface area contributed by atoms with E-state index >= 15 is 0 Å². The first-order chi connectivity index (χ1) is 16.1. The zero-order chi connectivity index (χ0) is 24.6. The van der Waals surface area contributed by atoms with Crippen molar-refractivity contribution < 1.29 is 22.4 Å². The zero-order valence-corrected chi connectivity index (χ0v) is 18.7. The number of hydrogen-bond donors (Lipinski definition) is 0. The van der Waals surface area contributed by atoms with Crippen LogP contribution in [0.2, 0.25) is 0 Å². The molecular weight excluding hydrogens is 452 g/mol. The Morgan fingerprint density at radius 1 is 1.26 bits per heavy atom. The van der Waals surface area contributed by atoms with Gasteiger partial charge in [0.15, 0.2) is 5.82 Å². The third kappa shape index (κ3) is 4.34. The molecule has 1 aromatic heterocycles. The summed E-state index contributed by atoms with van der Waals surface area (Å²) in [6, 6.07) is 3.94. The number of benzene rings is 1. The number of amides is 1. The molecule has 1 saturated carbocycles. The van der Waals surface area contributed by atoms with Crippen molar-refractivity contribution in [2.75, 3.05) is 13.6 Å². The minimum Gasteiger partial charge on any atom is -0.358 e. The molecule has 1 amide bonds. The maximum Gasteiger partial charge on any atom is 0.417 e. The average molecular weight is 476 g/mol. The van der Waals surface area contributed by atoms with E-state index in [1.807, 2.05) is 0 Å². The highest BCUT2D eigenvalue weighted by molar-refractivity contribution is 5.98. The number of carbonyl (C=O) groups excluding carboxylic acids is 1. The summed E-state index contributed by atoms with van der Waals surface area (Å²) < 4.78 is 53.5. The van der Waals surface area contributed by atoms with Crippen LogP contribution in [0.15, 0.2) is 60.0 Å². The standard InChI is InChI=1S/C23H24F4N6O/c1-4-16(23(25,26)27)12-28-14(2)31(3)19-10-15-11-20(19)32(13-15)22(34)17-6-5-7-18(24)21(17)33-29-8-9-30-33/h4-9,12,15,19-20H,1,10-11,13H2,2-3H3/b16-12+,28-14+. The van der Waals surface area contributed by atoms with Gasteiger partial charge >= 0.3 is 6.18 Å². The van der Waals surface area contributed by atoms with E-state index in [-0.39, 0.29) is 35.2 Å². The molecular formula is C23H24F4N6O. The number of likely N-dealkylation sites (tertiary alicyclic amines) is 1. The Balaban J connectivity index is 1.58. The number of nitrogens with zero attached hydrogens (tertiary/aromatic N) is 6. The molecule has 7 nitrogen and oxygen atoms in total. The Kier molecular flexibility index (Phi) is 6.28. The van der Waals surface area contributed by atoms with Crippen molar-refractivity contribution in [1.29, 1.82) is 0 Å². The van der Waals surface area contributed by atoms with Crippen molar-refractivity contribution in [2.45, 2.75) is 38.0 Å². The number of likely N-dealkylation sites (N-methyl/N-ethyl adjacent to an activating group) is 1. The number of rotatable bonds is 5. The number of amidine groups is 1. The van der Waals surface area contributed by atoms with Gasteiger partial charge in [0.1, 0.15) is 11.5 Å². The quantitative estimate of drug-likeness (QED) is 0.283. The summed E-state index contributed by atoms with van der Waals surface area (Å²) in [5, 5.41) is 7.94. The first kappa shape index (κ1) is 23.7. The molecule has 180 valence electrons. The monoisotopic (exact) mass is 476 g/mol. The minimum atomic E-state index is -4.54. The Labute approximate surface area is 194 Å². The van der Waals surface area contributed by atoms with E-state index < -0.39 is 17.6 Å². The highest BCUT2D eigenvalue weighted by atomic mass is 19.4. The van der Waals surface area contributed by atoms with Crippen LogP contribution >= 0.6 is 0 Å². The number of aliphatic imine (C=N–C) groups is 1. The number of aromatic nitrogens is 3. The van der Waals surface area contributed by atoms with Crippen LogP contribution in [-0.4, -0.2) is 68.4 Å². The van der Waals surface area contributed by atoms with Gasteiger partial charge in [0.2, 0.25) is 0 Å². The number of hydrogen-bond acceptors (Lipinski definition) is 4. The Morgan fingerprint density at radius 2 is 1.97 bits per heavy atom.